The Morgan fingerprint density at radius 1 is 0.556 bits per heavy atom. The second kappa shape index (κ2) is 29.6. The number of hydrogen-bond donors (Lipinski definition) is 1. The van der Waals surface area contributed by atoms with Gasteiger partial charge in [0.2, 0.25) is 0 Å². The van der Waals surface area contributed by atoms with Crippen LogP contribution < -0.4 is 26.6 Å². The van der Waals surface area contributed by atoms with Crippen LogP contribution in [0.15, 0.2) is 0 Å². The average molecular weight is 344 g/mol. The van der Waals surface area contributed by atoms with Gasteiger partial charge in [-0.3, -0.25) is 0 Å². The van der Waals surface area contributed by atoms with E-state index in [9.17, 15) is 0 Å². The van der Waals surface area contributed by atoms with Crippen LogP contribution in [0.5, 0.6) is 0 Å². The maximum Gasteiger partial charge on any atom is 4.00 e. The van der Waals surface area contributed by atoms with Crippen LogP contribution in [-0.2, 0) is 45.4 Å². The third kappa shape index (κ3) is 1700. The molecule has 10 heteroatoms. The zero-order valence-electron chi connectivity index (χ0n) is 10.5. The van der Waals surface area contributed by atoms with Crippen molar-refractivity contribution in [1.82, 2.24) is 6.15 Å². The Hall–Kier alpha value is -1.28. The van der Waals surface area contributed by atoms with E-state index in [0.717, 1.165) is 27.7 Å². The van der Waals surface area contributed by atoms with Gasteiger partial charge in [-0.05, 0) is 27.7 Å². The van der Waals surface area contributed by atoms with Gasteiger partial charge in [0.1, 0.15) is 0 Å². The number of hydrogen-bond acceptors (Lipinski definition) is 9. The summed E-state index contributed by atoms with van der Waals surface area (Å²) in [7, 11) is 0. The molecule has 0 rings (SSSR count). The van der Waals surface area contributed by atoms with E-state index in [4.69, 9.17) is 39.6 Å². The Labute approximate surface area is 124 Å². The Bertz CT molecular complexity index is 167. The van der Waals surface area contributed by atoms with Crippen molar-refractivity contribution in [2.75, 3.05) is 0 Å². The molecule has 0 saturated carbocycles. The summed E-state index contributed by atoms with van der Waals surface area (Å²) in [6.45, 7) is 3.89. The summed E-state index contributed by atoms with van der Waals surface area (Å²) < 4.78 is 0. The molecule has 0 aliphatic rings. The van der Waals surface area contributed by atoms with Crippen molar-refractivity contribution in [3.8, 4) is 0 Å². The fourth-order valence-corrected chi connectivity index (χ4v) is 0. The number of aliphatic carboxylic acids is 4. The van der Waals surface area contributed by atoms with E-state index in [1.807, 2.05) is 0 Å². The molecule has 9 nitrogen and oxygen atoms in total. The molecular weight excluding hydrogens is 329 g/mol. The smallest absolute Gasteiger partial charge is 0.550 e. The quantitative estimate of drug-likeness (QED) is 0.448. The van der Waals surface area contributed by atoms with Crippen molar-refractivity contribution in [2.24, 2.45) is 0 Å². The predicted molar refractivity (Wildman–Crippen MR) is 47.7 cm³/mol. The molecule has 0 atom stereocenters. The van der Waals surface area contributed by atoms with Crippen LogP contribution in [0.1, 0.15) is 27.7 Å². The molecule has 0 spiro atoms. The third-order valence-corrected chi connectivity index (χ3v) is 0. The summed E-state index contributed by atoms with van der Waals surface area (Å²) in [5.41, 5.74) is 0. The zero-order chi connectivity index (χ0) is 14.3. The van der Waals surface area contributed by atoms with E-state index in [2.05, 4.69) is 0 Å². The van der Waals surface area contributed by atoms with Gasteiger partial charge in [-0.2, -0.15) is 0 Å². The Kier molecular flexibility index (Phi) is 59.2. The van der Waals surface area contributed by atoms with Crippen molar-refractivity contribution >= 4 is 23.9 Å². The molecule has 0 fully saturated rings. The van der Waals surface area contributed by atoms with Crippen molar-refractivity contribution in [2.45, 2.75) is 27.7 Å². The number of carbonyl (C=O) groups is 4. The van der Waals surface area contributed by atoms with Crippen molar-refractivity contribution in [3.05, 3.63) is 0 Å². The van der Waals surface area contributed by atoms with E-state index in [-0.39, 0.29) is 32.4 Å². The first-order valence-corrected chi connectivity index (χ1v) is 3.63. The summed E-state index contributed by atoms with van der Waals surface area (Å²) in [4.78, 5) is 35.6. The zero-order valence-corrected chi connectivity index (χ0v) is 12.9. The number of carbonyl (C=O) groups excluding carboxylic acids is 4. The minimum absolute atomic E-state index is 0. The van der Waals surface area contributed by atoms with Crippen molar-refractivity contribution in [1.29, 1.82) is 0 Å². The second-order valence-corrected chi connectivity index (χ2v) is 1.97. The molecule has 0 unspecified atom stereocenters. The molecule has 3 N–H and O–H groups in total. The summed E-state index contributed by atoms with van der Waals surface area (Å²) in [5, 5.41) is 35.6. The van der Waals surface area contributed by atoms with E-state index >= 15 is 0 Å². The fraction of sp³-hybridized carbons (Fsp3) is 0.500. The molecule has 0 amide bonds. The van der Waals surface area contributed by atoms with Crippen LogP contribution in [0.2, 0.25) is 0 Å². The first kappa shape index (κ1) is 36.0. The first-order valence-electron chi connectivity index (χ1n) is 3.63. The molecule has 0 aliphatic carbocycles. The minimum atomic E-state index is -1.08. The molecule has 18 heavy (non-hydrogen) atoms. The number of rotatable bonds is 0. The van der Waals surface area contributed by atoms with Crippen molar-refractivity contribution in [3.63, 3.8) is 0 Å². The first-order chi connectivity index (χ1) is 6.93. The minimum Gasteiger partial charge on any atom is -0.550 e. The van der Waals surface area contributed by atoms with Gasteiger partial charge in [0, 0.05) is 23.9 Å². The Morgan fingerprint density at radius 2 is 0.556 bits per heavy atom. The molecular formula is C8H15NO8Zr. The molecule has 0 heterocycles. The van der Waals surface area contributed by atoms with E-state index in [0.29, 0.717) is 0 Å². The van der Waals surface area contributed by atoms with Crippen LogP contribution >= 0.6 is 0 Å². The number of carboxylic acid groups (broad SMARTS) is 4. The fourth-order valence-electron chi connectivity index (χ4n) is 0. The number of carboxylic acids is 4. The van der Waals surface area contributed by atoms with Crippen LogP contribution in [0.25, 0.3) is 0 Å². The van der Waals surface area contributed by atoms with E-state index < -0.39 is 23.9 Å². The topological polar surface area (TPSA) is 196 Å². The van der Waals surface area contributed by atoms with Crippen molar-refractivity contribution < 1.29 is 65.8 Å². The Morgan fingerprint density at radius 3 is 0.556 bits per heavy atom. The van der Waals surface area contributed by atoms with Gasteiger partial charge in [-0.15, -0.1) is 0 Å². The van der Waals surface area contributed by atoms with Gasteiger partial charge in [-0.25, -0.2) is 0 Å². The normalized spacial score (nSPS) is 5.56. The summed E-state index contributed by atoms with van der Waals surface area (Å²) in [6.07, 6.45) is 0. The molecule has 0 aliphatic heterocycles. The maximum absolute atomic E-state index is 8.89. The van der Waals surface area contributed by atoms with Crippen LogP contribution in [0.3, 0.4) is 0 Å². The monoisotopic (exact) mass is 343 g/mol. The SMILES string of the molecule is CC(=O)[O-].CC(=O)[O-].CC(=O)[O-].CC(=O)[O-].N.[Zr+4]. The maximum atomic E-state index is 8.89. The third-order valence-electron chi connectivity index (χ3n) is 0. The molecule has 0 aromatic heterocycles. The molecule has 0 radical (unpaired) electrons. The second-order valence-electron chi connectivity index (χ2n) is 1.97. The van der Waals surface area contributed by atoms with E-state index in [1.165, 1.54) is 0 Å². The molecule has 104 valence electrons. The van der Waals surface area contributed by atoms with Gasteiger partial charge in [-0.1, -0.05) is 0 Å². The van der Waals surface area contributed by atoms with Crippen LogP contribution in [0, 0.1) is 0 Å². The van der Waals surface area contributed by atoms with E-state index in [1.54, 1.807) is 0 Å². The molecule has 0 saturated heterocycles. The van der Waals surface area contributed by atoms with Gasteiger partial charge in [0.05, 0.1) is 0 Å². The van der Waals surface area contributed by atoms with Crippen LogP contribution in [0.4, 0.5) is 0 Å². The molecule has 0 aromatic rings. The van der Waals surface area contributed by atoms with Gasteiger partial charge >= 0.3 is 26.2 Å². The standard InChI is InChI=1S/4C2H4O2.H3N.Zr/c4*1-2(3)4;;/h4*1H3,(H,3,4);1H3;/q;;;;;+4/p-4. The van der Waals surface area contributed by atoms with Crippen LogP contribution in [-0.4, -0.2) is 23.9 Å². The molecule has 0 bridgehead atoms. The largest absolute Gasteiger partial charge is 4.00 e. The van der Waals surface area contributed by atoms with Gasteiger partial charge in [0.15, 0.2) is 0 Å². The summed E-state index contributed by atoms with van der Waals surface area (Å²) in [5.74, 6) is -4.33. The summed E-state index contributed by atoms with van der Waals surface area (Å²) in [6, 6.07) is 0. The van der Waals surface area contributed by atoms with Gasteiger partial charge < -0.3 is 45.8 Å². The Balaban J connectivity index is -0.0000000257. The molecule has 0 aromatic carbocycles. The summed E-state index contributed by atoms with van der Waals surface area (Å²) >= 11 is 0. The average Bonchev–Trinajstić information content (AvgIpc) is 1.76. The predicted octanol–water partition coefficient (Wildman–Crippen LogP) is -4.82. The van der Waals surface area contributed by atoms with Gasteiger partial charge in [0.25, 0.3) is 0 Å².